The van der Waals surface area contributed by atoms with Crippen molar-refractivity contribution >= 4 is 17.4 Å². The summed E-state index contributed by atoms with van der Waals surface area (Å²) in [5, 5.41) is 4.48. The first-order valence-corrected chi connectivity index (χ1v) is 9.57. The first kappa shape index (κ1) is 16.3. The van der Waals surface area contributed by atoms with Crippen molar-refractivity contribution in [2.45, 2.75) is 19.3 Å². The van der Waals surface area contributed by atoms with Gasteiger partial charge in [0.05, 0.1) is 17.3 Å². The van der Waals surface area contributed by atoms with Crippen LogP contribution in [0.3, 0.4) is 0 Å². The normalized spacial score (nSPS) is 22.9. The molecule has 0 N–H and O–H groups in total. The van der Waals surface area contributed by atoms with Crippen LogP contribution in [0.1, 0.15) is 19.3 Å². The van der Waals surface area contributed by atoms with Gasteiger partial charge in [-0.25, -0.2) is 4.98 Å². The van der Waals surface area contributed by atoms with E-state index in [9.17, 15) is 4.79 Å². The van der Waals surface area contributed by atoms with Crippen LogP contribution >= 0.6 is 0 Å². The number of fused-ring (bicyclic) bond motifs is 1. The summed E-state index contributed by atoms with van der Waals surface area (Å²) >= 11 is 0. The third-order valence-corrected chi connectivity index (χ3v) is 6.04. The molecule has 6 nitrogen and oxygen atoms in total. The van der Waals surface area contributed by atoms with Gasteiger partial charge < -0.3 is 9.80 Å². The van der Waals surface area contributed by atoms with Gasteiger partial charge in [-0.15, -0.1) is 0 Å². The number of piperidine rings is 1. The standard InChI is InChI=1S/C21H23N5O/c1-24-12-5-9-21(20(24)27)10-13-25(15-21)19-14-17(16-6-3-2-4-7-16)23-18-8-11-22-26(18)19/h2-4,6-8,11,14H,5,9-10,12-13,15H2,1H3. The number of hydrogen-bond donors (Lipinski definition) is 0. The summed E-state index contributed by atoms with van der Waals surface area (Å²) in [6, 6.07) is 14.2. The molecule has 0 radical (unpaired) electrons. The molecule has 0 aliphatic carbocycles. The average Bonchev–Trinajstić information content (AvgIpc) is 3.34. The second-order valence-corrected chi connectivity index (χ2v) is 7.75. The van der Waals surface area contributed by atoms with Crippen molar-refractivity contribution < 1.29 is 4.79 Å². The van der Waals surface area contributed by atoms with E-state index in [1.165, 1.54) is 0 Å². The van der Waals surface area contributed by atoms with Crippen molar-refractivity contribution in [2.24, 2.45) is 5.41 Å². The van der Waals surface area contributed by atoms with E-state index in [-0.39, 0.29) is 5.41 Å². The number of carbonyl (C=O) groups excluding carboxylic acids is 1. The number of rotatable bonds is 2. The molecular formula is C21H23N5O. The van der Waals surface area contributed by atoms with E-state index >= 15 is 0 Å². The number of nitrogens with zero attached hydrogens (tertiary/aromatic N) is 5. The Hall–Kier alpha value is -2.89. The Morgan fingerprint density at radius 3 is 2.78 bits per heavy atom. The number of hydrogen-bond acceptors (Lipinski definition) is 4. The van der Waals surface area contributed by atoms with Crippen LogP contribution in [0.25, 0.3) is 16.9 Å². The van der Waals surface area contributed by atoms with Crippen LogP contribution in [0.5, 0.6) is 0 Å². The third-order valence-electron chi connectivity index (χ3n) is 6.04. The SMILES string of the molecule is CN1CCCC2(CCN(c3cc(-c4ccccc4)nc4ccnn34)C2)C1=O. The van der Waals surface area contributed by atoms with Crippen molar-refractivity contribution in [1.82, 2.24) is 19.5 Å². The second kappa shape index (κ2) is 6.08. The lowest BCUT2D eigenvalue weighted by Gasteiger charge is -2.37. The number of aromatic nitrogens is 3. The van der Waals surface area contributed by atoms with E-state index in [1.54, 1.807) is 6.20 Å². The predicted octanol–water partition coefficient (Wildman–Crippen LogP) is 2.85. The van der Waals surface area contributed by atoms with Gasteiger partial charge in [0, 0.05) is 44.4 Å². The largest absolute Gasteiger partial charge is 0.355 e. The fraction of sp³-hybridized carbons (Fsp3) is 0.381. The topological polar surface area (TPSA) is 53.7 Å². The zero-order valence-electron chi connectivity index (χ0n) is 15.5. The van der Waals surface area contributed by atoms with Crippen LogP contribution in [0.2, 0.25) is 0 Å². The summed E-state index contributed by atoms with van der Waals surface area (Å²) in [4.78, 5) is 21.9. The molecule has 6 heteroatoms. The van der Waals surface area contributed by atoms with Crippen molar-refractivity contribution in [3.8, 4) is 11.3 Å². The number of likely N-dealkylation sites (tertiary alicyclic amines) is 1. The summed E-state index contributed by atoms with van der Waals surface area (Å²) in [5.74, 6) is 1.31. The molecule has 0 saturated carbocycles. The maximum absolute atomic E-state index is 12.9. The molecule has 2 saturated heterocycles. The molecule has 1 atom stereocenters. The molecule has 27 heavy (non-hydrogen) atoms. The molecule has 1 aromatic carbocycles. The van der Waals surface area contributed by atoms with Crippen molar-refractivity contribution in [3.05, 3.63) is 48.7 Å². The lowest BCUT2D eigenvalue weighted by molar-refractivity contribution is -0.143. The fourth-order valence-electron chi connectivity index (χ4n) is 4.59. The van der Waals surface area contributed by atoms with E-state index in [0.717, 1.165) is 61.6 Å². The van der Waals surface area contributed by atoms with Gasteiger partial charge in [-0.1, -0.05) is 30.3 Å². The molecule has 2 aromatic heterocycles. The maximum Gasteiger partial charge on any atom is 0.230 e. The Morgan fingerprint density at radius 1 is 1.07 bits per heavy atom. The molecule has 138 valence electrons. The minimum absolute atomic E-state index is 0.247. The number of anilines is 1. The van der Waals surface area contributed by atoms with Gasteiger partial charge in [-0.05, 0) is 19.3 Å². The van der Waals surface area contributed by atoms with E-state index in [2.05, 4.69) is 28.2 Å². The van der Waals surface area contributed by atoms with Crippen LogP contribution in [0.4, 0.5) is 5.82 Å². The quantitative estimate of drug-likeness (QED) is 0.704. The molecule has 0 bridgehead atoms. The highest BCUT2D eigenvalue weighted by molar-refractivity contribution is 5.85. The van der Waals surface area contributed by atoms with Crippen LogP contribution < -0.4 is 4.90 Å². The van der Waals surface area contributed by atoms with Gasteiger partial charge in [-0.3, -0.25) is 4.79 Å². The first-order chi connectivity index (χ1) is 13.2. The molecule has 2 aliphatic heterocycles. The summed E-state index contributed by atoms with van der Waals surface area (Å²) < 4.78 is 1.89. The number of carbonyl (C=O) groups is 1. The van der Waals surface area contributed by atoms with E-state index in [0.29, 0.717) is 5.91 Å². The van der Waals surface area contributed by atoms with Gasteiger partial charge in [-0.2, -0.15) is 9.61 Å². The van der Waals surface area contributed by atoms with E-state index in [1.807, 2.05) is 40.7 Å². The Balaban J connectivity index is 1.55. The number of amides is 1. The minimum Gasteiger partial charge on any atom is -0.355 e. The smallest absolute Gasteiger partial charge is 0.230 e. The highest BCUT2D eigenvalue weighted by Crippen LogP contribution is 2.41. The predicted molar refractivity (Wildman–Crippen MR) is 105 cm³/mol. The third kappa shape index (κ3) is 2.59. The van der Waals surface area contributed by atoms with Gasteiger partial charge in [0.25, 0.3) is 0 Å². The summed E-state index contributed by atoms with van der Waals surface area (Å²) in [6.45, 7) is 2.49. The highest BCUT2D eigenvalue weighted by Gasteiger charge is 2.48. The number of benzene rings is 1. The van der Waals surface area contributed by atoms with E-state index in [4.69, 9.17) is 4.98 Å². The van der Waals surface area contributed by atoms with Gasteiger partial charge in [0.15, 0.2) is 5.65 Å². The lowest BCUT2D eigenvalue weighted by Crippen LogP contribution is -2.48. The van der Waals surface area contributed by atoms with Gasteiger partial charge in [0.2, 0.25) is 5.91 Å². The van der Waals surface area contributed by atoms with Crippen molar-refractivity contribution in [2.75, 3.05) is 31.6 Å². The first-order valence-electron chi connectivity index (χ1n) is 9.57. The zero-order chi connectivity index (χ0) is 18.4. The summed E-state index contributed by atoms with van der Waals surface area (Å²) in [7, 11) is 1.93. The Morgan fingerprint density at radius 2 is 1.93 bits per heavy atom. The van der Waals surface area contributed by atoms with E-state index < -0.39 is 0 Å². The van der Waals surface area contributed by atoms with Crippen LogP contribution in [0, 0.1) is 5.41 Å². The highest BCUT2D eigenvalue weighted by atomic mass is 16.2. The molecule has 1 unspecified atom stereocenters. The van der Waals surface area contributed by atoms with Crippen LogP contribution in [0.15, 0.2) is 48.7 Å². The lowest BCUT2D eigenvalue weighted by atomic mass is 9.78. The zero-order valence-corrected chi connectivity index (χ0v) is 15.5. The molecule has 4 heterocycles. The van der Waals surface area contributed by atoms with Crippen molar-refractivity contribution in [1.29, 1.82) is 0 Å². The average molecular weight is 361 g/mol. The fourth-order valence-corrected chi connectivity index (χ4v) is 4.59. The van der Waals surface area contributed by atoms with Crippen LogP contribution in [-0.2, 0) is 4.79 Å². The molecule has 3 aromatic rings. The summed E-state index contributed by atoms with van der Waals surface area (Å²) in [6.07, 6.45) is 4.75. The van der Waals surface area contributed by atoms with Crippen LogP contribution in [-0.4, -0.2) is 52.1 Å². The Kier molecular flexibility index (Phi) is 3.67. The molecule has 2 aliphatic rings. The molecule has 1 amide bonds. The molecule has 5 rings (SSSR count). The van der Waals surface area contributed by atoms with Crippen molar-refractivity contribution in [3.63, 3.8) is 0 Å². The molecule has 1 spiro atoms. The Labute approximate surface area is 158 Å². The maximum atomic E-state index is 12.9. The van der Waals surface area contributed by atoms with Gasteiger partial charge in [0.1, 0.15) is 5.82 Å². The molecule has 2 fully saturated rings. The van der Waals surface area contributed by atoms with Gasteiger partial charge >= 0.3 is 0 Å². The minimum atomic E-state index is -0.247. The Bertz CT molecular complexity index is 998. The second-order valence-electron chi connectivity index (χ2n) is 7.75. The monoisotopic (exact) mass is 361 g/mol. The summed E-state index contributed by atoms with van der Waals surface area (Å²) in [5.41, 5.74) is 2.61. The molecular weight excluding hydrogens is 338 g/mol.